The Morgan fingerprint density at radius 2 is 1.73 bits per heavy atom. The molecule has 3 aromatic carbocycles. The number of benzene rings is 3. The van der Waals surface area contributed by atoms with E-state index in [9.17, 15) is 37.7 Å². The summed E-state index contributed by atoms with van der Waals surface area (Å²) in [5.41, 5.74) is 0.0312. The van der Waals surface area contributed by atoms with E-state index in [1.165, 1.54) is 42.1 Å². The van der Waals surface area contributed by atoms with Crippen LogP contribution in [0.15, 0.2) is 76.6 Å². The van der Waals surface area contributed by atoms with Crippen LogP contribution in [-0.2, 0) is 22.4 Å². The summed E-state index contributed by atoms with van der Waals surface area (Å²) >= 11 is 8.46. The number of alkyl halides is 3. The zero-order valence-corrected chi connectivity index (χ0v) is 26.9. The second-order valence-corrected chi connectivity index (χ2v) is 15.1. The maximum absolute atomic E-state index is 14.0. The maximum Gasteiger partial charge on any atom is 0.416 e. The van der Waals surface area contributed by atoms with Crippen LogP contribution in [0.5, 0.6) is 5.75 Å². The fourth-order valence-electron chi connectivity index (χ4n) is 8.21. The Balaban J connectivity index is 1.21. The number of hydrogen-bond acceptors (Lipinski definition) is 8. The third-order valence-corrected chi connectivity index (χ3v) is 12.8. The normalized spacial score (nSPS) is 27.2. The molecule has 0 unspecified atom stereocenters. The van der Waals surface area contributed by atoms with Gasteiger partial charge in [-0.3, -0.25) is 29.4 Å². The molecule has 0 radical (unpaired) electrons. The zero-order chi connectivity index (χ0) is 33.6. The minimum absolute atomic E-state index is 0.124. The van der Waals surface area contributed by atoms with Crippen LogP contribution in [0, 0.1) is 39.7 Å². The number of fused-ring (bicyclic) bond motifs is 9. The van der Waals surface area contributed by atoms with Crippen LogP contribution >= 0.6 is 34.7 Å². The molecule has 2 bridgehead atoms. The van der Waals surface area contributed by atoms with Crippen LogP contribution in [0.4, 0.5) is 24.5 Å². The molecule has 48 heavy (non-hydrogen) atoms. The van der Waals surface area contributed by atoms with Gasteiger partial charge in [-0.2, -0.15) is 13.2 Å². The standard InChI is InChI=1S/C33H23ClF3N3O6S2/c34-16-6-4-14(5-7-16)13-46-22-9-8-18(40(44)45)11-19(22)23-24-20-12-21(27(24)47-29-28(23)48-32(43)38-29)26-25(20)30(41)39(31(26)42)17-3-1-2-15(10-17)33(35,36)37/h1-11,20-21,23-27H,12-13H2,(H,38,43)/t20-,21-,23+,24+,25+,26+,27-/m1/s1. The van der Waals surface area contributed by atoms with E-state index in [4.69, 9.17) is 16.3 Å². The highest BCUT2D eigenvalue weighted by molar-refractivity contribution is 8.00. The monoisotopic (exact) mass is 713 g/mol. The number of halogens is 4. The molecule has 3 heterocycles. The van der Waals surface area contributed by atoms with Gasteiger partial charge in [-0.05, 0) is 66.1 Å². The van der Waals surface area contributed by atoms with E-state index < -0.39 is 46.2 Å². The smallest absolute Gasteiger partial charge is 0.416 e. The molecule has 8 rings (SSSR count). The van der Waals surface area contributed by atoms with Crippen molar-refractivity contribution in [2.45, 2.75) is 35.4 Å². The van der Waals surface area contributed by atoms with Crippen molar-refractivity contribution in [3.8, 4) is 5.75 Å². The van der Waals surface area contributed by atoms with Crippen LogP contribution < -0.4 is 14.5 Å². The molecule has 2 aliphatic heterocycles. The number of anilines is 1. The van der Waals surface area contributed by atoms with Crippen molar-refractivity contribution >= 4 is 57.9 Å². The molecule has 4 aliphatic rings. The SMILES string of the molecule is O=C1[C@H]2[C@H]3C[C@@H]([C@@H]2C(=O)N1c1cccc(C(F)(F)F)c1)[C@H]1[C@H](c2cc([N+](=O)[O-])ccc2OCc2ccc(Cl)cc2)c2sc(=O)[nH]c2S[C@H]31. The molecule has 9 nitrogen and oxygen atoms in total. The lowest BCUT2D eigenvalue weighted by Crippen LogP contribution is -2.42. The Kier molecular flexibility index (Phi) is 7.27. The molecular weight excluding hydrogens is 691 g/mol. The van der Waals surface area contributed by atoms with Crippen molar-refractivity contribution in [2.24, 2.45) is 29.6 Å². The van der Waals surface area contributed by atoms with Gasteiger partial charge in [0.25, 0.3) is 5.69 Å². The lowest BCUT2D eigenvalue weighted by molar-refractivity contribution is -0.385. The van der Waals surface area contributed by atoms with Gasteiger partial charge in [0, 0.05) is 38.8 Å². The van der Waals surface area contributed by atoms with Crippen LogP contribution in [0.3, 0.4) is 0 Å². The summed E-state index contributed by atoms with van der Waals surface area (Å²) in [4.78, 5) is 56.3. The summed E-state index contributed by atoms with van der Waals surface area (Å²) < 4.78 is 46.9. The number of nitro benzene ring substituents is 1. The largest absolute Gasteiger partial charge is 0.489 e. The van der Waals surface area contributed by atoms with Gasteiger partial charge >= 0.3 is 11.0 Å². The molecule has 246 valence electrons. The number of nitrogens with one attached hydrogen (secondary N) is 1. The predicted octanol–water partition coefficient (Wildman–Crippen LogP) is 7.27. The van der Waals surface area contributed by atoms with Crippen LogP contribution in [0.2, 0.25) is 5.02 Å². The average Bonchev–Trinajstić information content (AvgIpc) is 3.79. The number of thiazole rings is 1. The van der Waals surface area contributed by atoms with Crippen molar-refractivity contribution < 1.29 is 32.4 Å². The molecule has 1 N–H and O–H groups in total. The third-order valence-electron chi connectivity index (χ3n) is 10.0. The minimum Gasteiger partial charge on any atom is -0.489 e. The lowest BCUT2D eigenvalue weighted by atomic mass is 9.68. The van der Waals surface area contributed by atoms with Crippen molar-refractivity contribution in [3.63, 3.8) is 0 Å². The second kappa shape index (κ2) is 11.2. The number of H-pyrrole nitrogens is 1. The van der Waals surface area contributed by atoms with E-state index in [1.54, 1.807) is 24.3 Å². The quantitative estimate of drug-likeness (QED) is 0.127. The van der Waals surface area contributed by atoms with Gasteiger partial charge in [0.05, 0.1) is 33.0 Å². The summed E-state index contributed by atoms with van der Waals surface area (Å²) in [5, 5.41) is 12.9. The molecule has 1 aromatic heterocycles. The van der Waals surface area contributed by atoms with E-state index in [2.05, 4.69) is 4.98 Å². The van der Waals surface area contributed by atoms with Gasteiger partial charge in [0.1, 0.15) is 12.4 Å². The number of nitro groups is 1. The molecule has 15 heteroatoms. The number of carbonyl (C=O) groups is 2. The highest BCUT2D eigenvalue weighted by atomic mass is 35.5. The number of aromatic nitrogens is 1. The highest BCUT2D eigenvalue weighted by Gasteiger charge is 2.70. The molecule has 1 saturated heterocycles. The molecule has 2 amide bonds. The van der Waals surface area contributed by atoms with Crippen LogP contribution in [0.1, 0.15) is 33.9 Å². The van der Waals surface area contributed by atoms with Crippen LogP contribution in [-0.4, -0.2) is 27.0 Å². The minimum atomic E-state index is -4.66. The summed E-state index contributed by atoms with van der Waals surface area (Å²) in [5.74, 6) is -3.81. The van der Waals surface area contributed by atoms with E-state index in [0.29, 0.717) is 32.7 Å². The van der Waals surface area contributed by atoms with Gasteiger partial charge in [-0.25, -0.2) is 0 Å². The Labute approximate surface area is 283 Å². The predicted molar refractivity (Wildman–Crippen MR) is 171 cm³/mol. The first-order valence-electron chi connectivity index (χ1n) is 15.0. The Morgan fingerprint density at radius 3 is 2.44 bits per heavy atom. The molecule has 7 atom stereocenters. The Bertz CT molecular complexity index is 2070. The number of ether oxygens (including phenoxy) is 1. The van der Waals surface area contributed by atoms with E-state index >= 15 is 0 Å². The Morgan fingerprint density at radius 1 is 1.00 bits per heavy atom. The van der Waals surface area contributed by atoms with Gasteiger partial charge < -0.3 is 9.72 Å². The number of amides is 2. The number of hydrogen-bond donors (Lipinski definition) is 1. The average molecular weight is 714 g/mol. The van der Waals surface area contributed by atoms with Gasteiger partial charge in [0.15, 0.2) is 0 Å². The molecule has 2 aliphatic carbocycles. The lowest BCUT2D eigenvalue weighted by Gasteiger charge is -2.43. The first-order valence-corrected chi connectivity index (χ1v) is 17.1. The van der Waals surface area contributed by atoms with Crippen LogP contribution in [0.25, 0.3) is 0 Å². The number of carbonyl (C=O) groups excluding carboxylic acids is 2. The first-order chi connectivity index (χ1) is 22.9. The molecule has 0 spiro atoms. The van der Waals surface area contributed by atoms with Crippen molar-refractivity contribution in [1.82, 2.24) is 4.98 Å². The fourth-order valence-corrected chi connectivity index (χ4v) is 11.2. The van der Waals surface area contributed by atoms with E-state index in [1.807, 2.05) is 0 Å². The summed E-state index contributed by atoms with van der Waals surface area (Å²) in [7, 11) is 0. The van der Waals surface area contributed by atoms with Gasteiger partial charge in [-0.1, -0.05) is 41.1 Å². The number of nitrogens with zero attached hydrogens (tertiary/aromatic N) is 2. The van der Waals surface area contributed by atoms with Crippen molar-refractivity contribution in [3.05, 3.63) is 113 Å². The third kappa shape index (κ3) is 4.86. The van der Waals surface area contributed by atoms with E-state index in [-0.39, 0.29) is 45.9 Å². The summed E-state index contributed by atoms with van der Waals surface area (Å²) in [6, 6.07) is 15.6. The summed E-state index contributed by atoms with van der Waals surface area (Å²) in [6.07, 6.45) is -4.13. The topological polar surface area (TPSA) is 123 Å². The Hall–Kier alpha value is -4.14. The number of aromatic amines is 1. The fraction of sp³-hybridized carbons (Fsp3) is 0.303. The summed E-state index contributed by atoms with van der Waals surface area (Å²) in [6.45, 7) is 0.128. The molecule has 3 fully saturated rings. The second-order valence-electron chi connectivity index (χ2n) is 12.4. The maximum atomic E-state index is 14.0. The van der Waals surface area contributed by atoms with E-state index in [0.717, 1.165) is 33.9 Å². The molecule has 4 aromatic rings. The van der Waals surface area contributed by atoms with Gasteiger partial charge in [0.2, 0.25) is 11.8 Å². The first kappa shape index (κ1) is 31.1. The highest BCUT2D eigenvalue weighted by Crippen LogP contribution is 2.69. The van der Waals surface area contributed by atoms with Crippen molar-refractivity contribution in [2.75, 3.05) is 4.90 Å². The van der Waals surface area contributed by atoms with Crippen molar-refractivity contribution in [1.29, 1.82) is 0 Å². The molecule has 2 saturated carbocycles. The number of rotatable bonds is 6. The number of non-ortho nitro benzene ring substituents is 1. The zero-order valence-electron chi connectivity index (χ0n) is 24.5. The van der Waals surface area contributed by atoms with Gasteiger partial charge in [-0.15, -0.1) is 11.8 Å². The number of thioether (sulfide) groups is 1. The number of imide groups is 1. The molecular formula is C33H23ClF3N3O6S2.